The molecule has 1 heterocycles. The molecule has 1 aromatic rings. The molecule has 2 aliphatic rings. The summed E-state index contributed by atoms with van der Waals surface area (Å²) in [4.78, 5) is 12.4. The fourth-order valence-corrected chi connectivity index (χ4v) is 3.95. The van der Waals surface area contributed by atoms with Gasteiger partial charge in [-0.1, -0.05) is 0 Å². The normalized spacial score (nSPS) is 20.1. The summed E-state index contributed by atoms with van der Waals surface area (Å²) in [6.07, 6.45) is 1.95. The molecule has 0 radical (unpaired) electrons. The molecule has 2 fully saturated rings. The largest absolute Gasteiger partial charge is 0.495 e. The predicted molar refractivity (Wildman–Crippen MR) is 99.4 cm³/mol. The number of methoxy groups -OCH3 is 1. The minimum Gasteiger partial charge on any atom is -0.495 e. The lowest BCUT2D eigenvalue weighted by Crippen LogP contribution is -2.43. The molecule has 1 unspecified atom stereocenters. The Bertz CT molecular complexity index is 733. The molecule has 0 aromatic heterocycles. The quantitative estimate of drug-likeness (QED) is 0.621. The second-order valence-electron chi connectivity index (χ2n) is 6.24. The van der Waals surface area contributed by atoms with Crippen molar-refractivity contribution in [1.29, 1.82) is 0 Å². The molecule has 10 heteroatoms. The van der Waals surface area contributed by atoms with Crippen LogP contribution in [-0.4, -0.2) is 53.3 Å². The van der Waals surface area contributed by atoms with Gasteiger partial charge in [-0.15, -0.1) is 12.4 Å². The maximum absolute atomic E-state index is 12.3. The number of amides is 1. The van der Waals surface area contributed by atoms with E-state index in [1.54, 1.807) is 6.07 Å². The lowest BCUT2D eigenvalue weighted by atomic mass is 10.2. The number of carbonyl (C=O) groups is 1. The van der Waals surface area contributed by atoms with Gasteiger partial charge in [-0.3, -0.25) is 4.79 Å². The fraction of sp³-hybridized carbons (Fsp3) is 0.562. The minimum absolute atomic E-state index is 0. The minimum atomic E-state index is -3.60. The maximum atomic E-state index is 12.3. The van der Waals surface area contributed by atoms with Crippen LogP contribution in [0.15, 0.2) is 23.1 Å². The third kappa shape index (κ3) is 5.55. The average molecular weight is 406 g/mol. The number of carbonyl (C=O) groups excluding carboxylic acids is 1. The number of ether oxygens (including phenoxy) is 2. The third-order valence-electron chi connectivity index (χ3n) is 4.08. The Morgan fingerprint density at radius 2 is 2.15 bits per heavy atom. The zero-order valence-electron chi connectivity index (χ0n) is 14.5. The van der Waals surface area contributed by atoms with E-state index in [9.17, 15) is 13.2 Å². The van der Waals surface area contributed by atoms with Crippen LogP contribution in [-0.2, 0) is 19.6 Å². The van der Waals surface area contributed by atoms with Crippen LogP contribution in [0.5, 0.6) is 5.75 Å². The highest BCUT2D eigenvalue weighted by Gasteiger charge is 2.28. The number of rotatable bonds is 7. The van der Waals surface area contributed by atoms with Gasteiger partial charge in [0.05, 0.1) is 30.9 Å². The fourth-order valence-electron chi connectivity index (χ4n) is 2.62. The van der Waals surface area contributed by atoms with Crippen molar-refractivity contribution < 1.29 is 22.7 Å². The summed E-state index contributed by atoms with van der Waals surface area (Å²) in [5.41, 5.74) is 0.336. The van der Waals surface area contributed by atoms with E-state index >= 15 is 0 Å². The molecule has 1 aliphatic heterocycles. The number of nitrogens with one attached hydrogen (secondary N) is 3. The van der Waals surface area contributed by atoms with Gasteiger partial charge < -0.3 is 20.1 Å². The van der Waals surface area contributed by atoms with Crippen LogP contribution in [0.2, 0.25) is 0 Å². The van der Waals surface area contributed by atoms with Crippen molar-refractivity contribution in [3.63, 3.8) is 0 Å². The highest BCUT2D eigenvalue weighted by Crippen LogP contribution is 2.29. The Morgan fingerprint density at radius 3 is 2.77 bits per heavy atom. The van der Waals surface area contributed by atoms with Crippen molar-refractivity contribution >= 4 is 34.0 Å². The summed E-state index contributed by atoms with van der Waals surface area (Å²) in [5, 5.41) is 5.94. The van der Waals surface area contributed by atoms with E-state index in [0.717, 1.165) is 12.8 Å². The predicted octanol–water partition coefficient (Wildman–Crippen LogP) is 0.875. The molecular formula is C16H24ClN3O5S. The zero-order chi connectivity index (χ0) is 17.9. The van der Waals surface area contributed by atoms with Crippen molar-refractivity contribution in [3.8, 4) is 5.75 Å². The molecule has 1 aliphatic carbocycles. The van der Waals surface area contributed by atoms with Crippen LogP contribution < -0.4 is 20.1 Å². The Morgan fingerprint density at radius 1 is 1.38 bits per heavy atom. The van der Waals surface area contributed by atoms with Gasteiger partial charge in [-0.25, -0.2) is 13.1 Å². The van der Waals surface area contributed by atoms with Gasteiger partial charge in [0.25, 0.3) is 0 Å². The van der Waals surface area contributed by atoms with E-state index in [0.29, 0.717) is 31.2 Å². The third-order valence-corrected chi connectivity index (χ3v) is 5.60. The highest BCUT2D eigenvalue weighted by atomic mass is 35.5. The van der Waals surface area contributed by atoms with Gasteiger partial charge in [-0.05, 0) is 31.0 Å². The van der Waals surface area contributed by atoms with E-state index < -0.39 is 10.0 Å². The molecule has 0 spiro atoms. The SMILES string of the molecule is COc1ccc(S(=O)(=O)NC2CC2)cc1NC(=O)CC1COCCN1.Cl. The summed E-state index contributed by atoms with van der Waals surface area (Å²) in [6.45, 7) is 1.83. The summed E-state index contributed by atoms with van der Waals surface area (Å²) in [5.74, 6) is 0.178. The van der Waals surface area contributed by atoms with Crippen molar-refractivity contribution in [2.75, 3.05) is 32.2 Å². The number of sulfonamides is 1. The molecular weight excluding hydrogens is 382 g/mol. The number of hydrogen-bond acceptors (Lipinski definition) is 6. The molecule has 1 saturated heterocycles. The van der Waals surface area contributed by atoms with Gasteiger partial charge in [-0.2, -0.15) is 0 Å². The maximum Gasteiger partial charge on any atom is 0.240 e. The number of benzene rings is 1. The molecule has 1 aromatic carbocycles. The van der Waals surface area contributed by atoms with E-state index in [1.807, 2.05) is 0 Å². The van der Waals surface area contributed by atoms with Crippen molar-refractivity contribution in [2.45, 2.75) is 36.2 Å². The van der Waals surface area contributed by atoms with Gasteiger partial charge in [0.1, 0.15) is 5.75 Å². The monoisotopic (exact) mass is 405 g/mol. The summed E-state index contributed by atoms with van der Waals surface area (Å²) >= 11 is 0. The Balaban J connectivity index is 0.00000243. The van der Waals surface area contributed by atoms with Crippen LogP contribution in [0.4, 0.5) is 5.69 Å². The first-order chi connectivity index (χ1) is 12.0. The van der Waals surface area contributed by atoms with E-state index in [4.69, 9.17) is 9.47 Å². The number of halogens is 1. The van der Waals surface area contributed by atoms with E-state index in [1.165, 1.54) is 19.2 Å². The highest BCUT2D eigenvalue weighted by molar-refractivity contribution is 7.89. The number of morpholine rings is 1. The van der Waals surface area contributed by atoms with E-state index in [-0.39, 0.29) is 41.7 Å². The first-order valence-corrected chi connectivity index (χ1v) is 9.77. The number of hydrogen-bond donors (Lipinski definition) is 3. The van der Waals surface area contributed by atoms with Crippen molar-refractivity contribution in [3.05, 3.63) is 18.2 Å². The first-order valence-electron chi connectivity index (χ1n) is 8.29. The first kappa shape index (κ1) is 20.9. The summed E-state index contributed by atoms with van der Waals surface area (Å²) in [6, 6.07) is 4.40. The zero-order valence-corrected chi connectivity index (χ0v) is 16.1. The van der Waals surface area contributed by atoms with Gasteiger partial charge in [0, 0.05) is 25.0 Å². The lowest BCUT2D eigenvalue weighted by molar-refractivity contribution is -0.117. The second kappa shape index (κ2) is 9.01. The number of anilines is 1. The molecule has 26 heavy (non-hydrogen) atoms. The summed E-state index contributed by atoms with van der Waals surface area (Å²) in [7, 11) is -2.13. The van der Waals surface area contributed by atoms with Crippen LogP contribution in [0.3, 0.4) is 0 Å². The molecule has 3 N–H and O–H groups in total. The van der Waals surface area contributed by atoms with Gasteiger partial charge >= 0.3 is 0 Å². The van der Waals surface area contributed by atoms with Crippen molar-refractivity contribution in [1.82, 2.24) is 10.0 Å². The van der Waals surface area contributed by atoms with Crippen LogP contribution in [0.1, 0.15) is 19.3 Å². The molecule has 1 atom stereocenters. The smallest absolute Gasteiger partial charge is 0.240 e. The lowest BCUT2D eigenvalue weighted by Gasteiger charge is -2.23. The van der Waals surface area contributed by atoms with Crippen LogP contribution in [0, 0.1) is 0 Å². The molecule has 3 rings (SSSR count). The van der Waals surface area contributed by atoms with Gasteiger partial charge in [0.2, 0.25) is 15.9 Å². The second-order valence-corrected chi connectivity index (χ2v) is 7.95. The molecule has 0 bridgehead atoms. The van der Waals surface area contributed by atoms with Crippen LogP contribution >= 0.6 is 12.4 Å². The van der Waals surface area contributed by atoms with Crippen molar-refractivity contribution in [2.24, 2.45) is 0 Å². The topological polar surface area (TPSA) is 106 Å². The average Bonchev–Trinajstić information content (AvgIpc) is 3.39. The van der Waals surface area contributed by atoms with E-state index in [2.05, 4.69) is 15.4 Å². The Hall–Kier alpha value is -1.39. The van der Waals surface area contributed by atoms with Crippen LogP contribution in [0.25, 0.3) is 0 Å². The standard InChI is InChI=1S/C16H23N3O5S.ClH/c1-23-15-5-4-13(25(21,22)19-11-2-3-11)9-14(15)18-16(20)8-12-10-24-7-6-17-12;/h4-5,9,11-12,17,19H,2-3,6-8,10H2,1H3,(H,18,20);1H. The Labute approximate surface area is 159 Å². The Kier molecular flexibility index (Phi) is 7.24. The molecule has 8 nitrogen and oxygen atoms in total. The van der Waals surface area contributed by atoms with Gasteiger partial charge in [0.15, 0.2) is 0 Å². The molecule has 1 amide bonds. The summed E-state index contributed by atoms with van der Waals surface area (Å²) < 4.78 is 37.9. The molecule has 1 saturated carbocycles. The molecule has 146 valence electrons.